The van der Waals surface area contributed by atoms with Crippen molar-refractivity contribution in [3.63, 3.8) is 0 Å². The molecule has 1 atom stereocenters. The molecule has 0 saturated heterocycles. The van der Waals surface area contributed by atoms with Crippen LogP contribution in [0.25, 0.3) is 23.2 Å². The zero-order chi connectivity index (χ0) is 31.1. The maximum atomic E-state index is 14.3. The first-order valence-corrected chi connectivity index (χ1v) is 14.6. The van der Waals surface area contributed by atoms with Gasteiger partial charge in [0.15, 0.2) is 23.5 Å². The number of ketones is 1. The number of fused-ring (bicyclic) bond motifs is 2. The van der Waals surface area contributed by atoms with Gasteiger partial charge >= 0.3 is 0 Å². The van der Waals surface area contributed by atoms with Gasteiger partial charge in [-0.15, -0.1) is 15.3 Å². The summed E-state index contributed by atoms with van der Waals surface area (Å²) in [6, 6.07) is 15.3. The van der Waals surface area contributed by atoms with Gasteiger partial charge in [0.1, 0.15) is 12.1 Å². The summed E-state index contributed by atoms with van der Waals surface area (Å²) in [4.78, 5) is 33.7. The highest BCUT2D eigenvalue weighted by Gasteiger charge is 2.38. The first-order valence-electron chi connectivity index (χ1n) is 14.2. The number of amides is 1. The summed E-state index contributed by atoms with van der Waals surface area (Å²) in [5.74, 6) is -0.253. The number of tetrazole rings is 1. The van der Waals surface area contributed by atoms with E-state index in [0.717, 1.165) is 27.8 Å². The zero-order valence-corrected chi connectivity index (χ0v) is 24.8. The fourth-order valence-corrected chi connectivity index (χ4v) is 5.84. The number of aryl methyl sites for hydroxylation is 1. The van der Waals surface area contributed by atoms with Crippen molar-refractivity contribution in [3.05, 3.63) is 111 Å². The molecule has 0 aliphatic carbocycles. The van der Waals surface area contributed by atoms with Crippen LogP contribution in [0.4, 0.5) is 4.39 Å². The number of aliphatic imine (C=N–C) groups is 1. The molecule has 0 bridgehead atoms. The van der Waals surface area contributed by atoms with Gasteiger partial charge in [-0.2, -0.15) is 4.68 Å². The van der Waals surface area contributed by atoms with Gasteiger partial charge in [-0.25, -0.2) is 4.39 Å². The molecule has 2 aliphatic rings. The van der Waals surface area contributed by atoms with Gasteiger partial charge in [0.05, 0.1) is 17.3 Å². The third kappa shape index (κ3) is 5.44. The molecule has 1 unspecified atom stereocenters. The summed E-state index contributed by atoms with van der Waals surface area (Å²) in [6.45, 7) is 3.21. The predicted octanol–water partition coefficient (Wildman–Crippen LogP) is 4.36. The number of benzene rings is 3. The van der Waals surface area contributed by atoms with E-state index in [4.69, 9.17) is 11.6 Å². The summed E-state index contributed by atoms with van der Waals surface area (Å²) in [5.41, 5.74) is 5.60. The fourth-order valence-electron chi connectivity index (χ4n) is 5.67. The Hall–Kier alpha value is -5.36. The van der Waals surface area contributed by atoms with Crippen molar-refractivity contribution in [3.8, 4) is 17.1 Å². The Kier molecular flexibility index (Phi) is 7.34. The Balaban J connectivity index is 1.23. The molecule has 1 amide bonds. The molecule has 2 aromatic heterocycles. The van der Waals surface area contributed by atoms with Crippen LogP contribution < -0.4 is 0 Å². The van der Waals surface area contributed by atoms with E-state index in [1.165, 1.54) is 40.2 Å². The quantitative estimate of drug-likeness (QED) is 0.247. The Morgan fingerprint density at radius 1 is 1.07 bits per heavy atom. The van der Waals surface area contributed by atoms with Crippen molar-refractivity contribution in [2.75, 3.05) is 6.54 Å². The lowest BCUT2D eigenvalue weighted by molar-refractivity contribution is -0.137. The van der Waals surface area contributed by atoms with E-state index in [-0.39, 0.29) is 23.8 Å². The van der Waals surface area contributed by atoms with Gasteiger partial charge in [-0.05, 0) is 46.2 Å². The number of nitrogens with zero attached hydrogens (tertiary/aromatic N) is 9. The van der Waals surface area contributed by atoms with Gasteiger partial charge in [0, 0.05) is 49.0 Å². The number of aromatic nitrogens is 7. The number of carbonyl (C=O) groups excluding carboxylic acids is 2. The molecular weight excluding hydrogens is 597 g/mol. The van der Waals surface area contributed by atoms with Crippen LogP contribution in [0.2, 0.25) is 5.02 Å². The van der Waals surface area contributed by atoms with Crippen LogP contribution in [-0.4, -0.2) is 64.3 Å². The monoisotopic (exact) mass is 621 g/mol. The molecule has 3 aromatic carbocycles. The van der Waals surface area contributed by atoms with Crippen molar-refractivity contribution in [1.82, 2.24) is 39.9 Å². The molecule has 0 fully saturated rings. The normalized spacial score (nSPS) is 15.4. The van der Waals surface area contributed by atoms with E-state index in [1.807, 2.05) is 60.2 Å². The summed E-state index contributed by atoms with van der Waals surface area (Å²) in [7, 11) is 0. The predicted molar refractivity (Wildman–Crippen MR) is 164 cm³/mol. The molecule has 0 N–H and O–H groups in total. The van der Waals surface area contributed by atoms with E-state index < -0.39 is 17.8 Å². The molecule has 7 rings (SSSR count). The largest absolute Gasteiger partial charge is 0.320 e. The highest BCUT2D eigenvalue weighted by Crippen LogP contribution is 2.32. The minimum absolute atomic E-state index is 0.0924. The topological polar surface area (TPSA) is 124 Å². The van der Waals surface area contributed by atoms with Crippen molar-refractivity contribution in [2.45, 2.75) is 32.5 Å². The maximum absolute atomic E-state index is 14.3. The maximum Gasteiger partial charge on any atom is 0.247 e. The van der Waals surface area contributed by atoms with Gasteiger partial charge in [0.25, 0.3) is 0 Å². The van der Waals surface area contributed by atoms with Gasteiger partial charge in [-0.1, -0.05) is 59.6 Å². The molecular formula is C32H25ClFN9O2. The lowest BCUT2D eigenvalue weighted by atomic mass is 9.97. The Labute approximate surface area is 261 Å². The number of hydrogen-bond donors (Lipinski definition) is 0. The standard InChI is InChI=1S/C32H25ClFN9O2/c1-19-2-5-21(6-3-19)31-37-38-32-30(28(44)13-20-4-7-23-16-35-17-24(23)12-20)41(10-11-42(31)32)29(45)9-8-22-14-25(33)26(34)15-27(22)43-18-36-39-40-43/h2-9,12,14-16,18,30H,10-11,13,17H2,1H3/b9-8+. The summed E-state index contributed by atoms with van der Waals surface area (Å²) < 4.78 is 17.5. The molecule has 0 saturated carbocycles. The average molecular weight is 622 g/mol. The smallest absolute Gasteiger partial charge is 0.247 e. The molecule has 11 nitrogen and oxygen atoms in total. The molecule has 0 radical (unpaired) electrons. The second-order valence-electron chi connectivity index (χ2n) is 10.9. The van der Waals surface area contributed by atoms with Crippen LogP contribution in [0.3, 0.4) is 0 Å². The Morgan fingerprint density at radius 2 is 1.91 bits per heavy atom. The van der Waals surface area contributed by atoms with Crippen LogP contribution in [0.5, 0.6) is 0 Å². The van der Waals surface area contributed by atoms with Crippen molar-refractivity contribution in [1.29, 1.82) is 0 Å². The van der Waals surface area contributed by atoms with E-state index in [1.54, 1.807) is 0 Å². The first-order chi connectivity index (χ1) is 21.9. The van der Waals surface area contributed by atoms with Crippen LogP contribution >= 0.6 is 11.6 Å². The minimum atomic E-state index is -0.983. The highest BCUT2D eigenvalue weighted by atomic mass is 35.5. The number of carbonyl (C=O) groups is 2. The SMILES string of the molecule is Cc1ccc(-c2nnc3n2CCN(C(=O)/C=C/c2cc(Cl)c(F)cc2-n2cnnn2)C3C(=O)Cc2ccc3c(c2)CN=C3)cc1. The van der Waals surface area contributed by atoms with Gasteiger partial charge < -0.3 is 9.47 Å². The molecule has 4 heterocycles. The van der Waals surface area contributed by atoms with E-state index >= 15 is 0 Å². The van der Waals surface area contributed by atoms with Crippen molar-refractivity contribution < 1.29 is 14.0 Å². The van der Waals surface area contributed by atoms with Crippen LogP contribution in [0.1, 0.15) is 39.7 Å². The number of hydrogen-bond acceptors (Lipinski definition) is 8. The lowest BCUT2D eigenvalue weighted by Gasteiger charge is -2.34. The third-order valence-corrected chi connectivity index (χ3v) is 8.24. The summed E-state index contributed by atoms with van der Waals surface area (Å²) in [5, 5.41) is 19.8. The van der Waals surface area contributed by atoms with Gasteiger partial charge in [-0.3, -0.25) is 14.6 Å². The molecule has 13 heteroatoms. The van der Waals surface area contributed by atoms with Crippen LogP contribution in [0.15, 0.2) is 72.0 Å². The molecule has 45 heavy (non-hydrogen) atoms. The Morgan fingerprint density at radius 3 is 2.71 bits per heavy atom. The number of rotatable bonds is 7. The highest BCUT2D eigenvalue weighted by molar-refractivity contribution is 6.31. The zero-order valence-electron chi connectivity index (χ0n) is 24.0. The average Bonchev–Trinajstić information content (AvgIpc) is 3.82. The van der Waals surface area contributed by atoms with E-state index in [0.29, 0.717) is 36.0 Å². The van der Waals surface area contributed by atoms with Crippen LogP contribution in [-0.2, 0) is 29.1 Å². The second-order valence-corrected chi connectivity index (χ2v) is 11.3. The summed E-state index contributed by atoms with van der Waals surface area (Å²) >= 11 is 6.07. The van der Waals surface area contributed by atoms with Crippen LogP contribution in [0, 0.1) is 12.7 Å². The van der Waals surface area contributed by atoms with Crippen molar-refractivity contribution >= 4 is 35.6 Å². The van der Waals surface area contributed by atoms with E-state index in [2.05, 4.69) is 30.7 Å². The molecule has 0 spiro atoms. The second kappa shape index (κ2) is 11.6. The molecule has 2 aliphatic heterocycles. The number of Topliss-reactive ketones (excluding diaryl/α,β-unsaturated/α-hetero) is 1. The fraction of sp³-hybridized carbons (Fsp3) is 0.188. The summed E-state index contributed by atoms with van der Waals surface area (Å²) in [6.07, 6.45) is 6.06. The lowest BCUT2D eigenvalue weighted by Crippen LogP contribution is -2.45. The molecule has 5 aromatic rings. The van der Waals surface area contributed by atoms with Crippen molar-refractivity contribution in [2.24, 2.45) is 4.99 Å². The third-order valence-electron chi connectivity index (χ3n) is 7.95. The minimum Gasteiger partial charge on any atom is -0.320 e. The number of halogens is 2. The van der Waals surface area contributed by atoms with E-state index in [9.17, 15) is 14.0 Å². The van der Waals surface area contributed by atoms with Gasteiger partial charge in [0.2, 0.25) is 5.91 Å². The molecule has 224 valence electrons. The first kappa shape index (κ1) is 28.4. The Bertz CT molecular complexity index is 2000.